The third-order valence-electron chi connectivity index (χ3n) is 4.59. The summed E-state index contributed by atoms with van der Waals surface area (Å²) in [5.74, 6) is 0.197. The van der Waals surface area contributed by atoms with Crippen molar-refractivity contribution >= 4 is 34.9 Å². The minimum absolute atomic E-state index is 0.0212. The fourth-order valence-electron chi connectivity index (χ4n) is 3.17. The van der Waals surface area contributed by atoms with E-state index in [1.165, 1.54) is 16.9 Å². The summed E-state index contributed by atoms with van der Waals surface area (Å²) in [4.78, 5) is 29.8. The number of thioether (sulfide) groups is 1. The number of hydrogen-bond donors (Lipinski definition) is 0. The maximum absolute atomic E-state index is 12.7. The van der Waals surface area contributed by atoms with Gasteiger partial charge in [0.1, 0.15) is 5.37 Å². The first-order valence-corrected chi connectivity index (χ1v) is 10.7. The van der Waals surface area contributed by atoms with Gasteiger partial charge in [-0.3, -0.25) is 9.59 Å². The van der Waals surface area contributed by atoms with Gasteiger partial charge in [0, 0.05) is 19.6 Å². The van der Waals surface area contributed by atoms with E-state index in [2.05, 4.69) is 25.1 Å². The van der Waals surface area contributed by atoms with Crippen LogP contribution in [0.5, 0.6) is 0 Å². The van der Waals surface area contributed by atoms with Crippen LogP contribution in [0.25, 0.3) is 0 Å². The Bertz CT molecular complexity index is 776. The van der Waals surface area contributed by atoms with E-state index in [1.54, 1.807) is 11.8 Å². The molecule has 1 aromatic carbocycles. The number of carbonyl (C=O) groups is 2. The number of thiophene rings is 1. The number of rotatable bonds is 6. The van der Waals surface area contributed by atoms with Gasteiger partial charge in [-0.25, -0.2) is 0 Å². The van der Waals surface area contributed by atoms with E-state index in [0.717, 1.165) is 10.4 Å². The van der Waals surface area contributed by atoms with E-state index in [0.29, 0.717) is 19.6 Å². The second-order valence-corrected chi connectivity index (χ2v) is 8.81. The lowest BCUT2D eigenvalue weighted by Gasteiger charge is -2.28. The number of hydrogen-bond acceptors (Lipinski definition) is 4. The van der Waals surface area contributed by atoms with Gasteiger partial charge in [-0.05, 0) is 37.8 Å². The van der Waals surface area contributed by atoms with Crippen molar-refractivity contribution in [2.75, 3.05) is 19.6 Å². The van der Waals surface area contributed by atoms with Crippen molar-refractivity contribution in [3.63, 3.8) is 0 Å². The molecular weight excluding hydrogens is 364 g/mol. The molecule has 0 spiro atoms. The Morgan fingerprint density at radius 1 is 1.27 bits per heavy atom. The van der Waals surface area contributed by atoms with Gasteiger partial charge in [-0.2, -0.15) is 0 Å². The van der Waals surface area contributed by atoms with Crippen LogP contribution >= 0.6 is 23.1 Å². The van der Waals surface area contributed by atoms with Gasteiger partial charge in [-0.15, -0.1) is 23.1 Å². The predicted octanol–water partition coefficient (Wildman–Crippen LogP) is 4.18. The first-order valence-electron chi connectivity index (χ1n) is 8.86. The minimum atomic E-state index is -0.0522. The van der Waals surface area contributed by atoms with Crippen molar-refractivity contribution in [2.45, 2.75) is 31.4 Å². The van der Waals surface area contributed by atoms with Gasteiger partial charge in [0.25, 0.3) is 5.91 Å². The van der Waals surface area contributed by atoms with Crippen LogP contribution in [0.1, 0.15) is 40.0 Å². The normalized spacial score (nSPS) is 19.8. The topological polar surface area (TPSA) is 40.6 Å². The summed E-state index contributed by atoms with van der Waals surface area (Å²) in [5, 5.41) is 1.88. The lowest BCUT2D eigenvalue weighted by molar-refractivity contribution is -0.130. The summed E-state index contributed by atoms with van der Waals surface area (Å²) in [5.41, 5.74) is 2.35. The first-order chi connectivity index (χ1) is 12.5. The van der Waals surface area contributed by atoms with E-state index in [1.807, 2.05) is 47.2 Å². The molecule has 1 aliphatic rings. The molecule has 1 aliphatic heterocycles. The number of nitrogens with zero attached hydrogens (tertiary/aromatic N) is 2. The van der Waals surface area contributed by atoms with Crippen LogP contribution in [0.3, 0.4) is 0 Å². The first kappa shape index (κ1) is 19.0. The SMILES string of the molecule is CCN(CCN1C(=O)[C@H](C)S[C@@H]1c1cccc(C)c1)C(=O)c1cccs1. The number of likely N-dealkylation sites (N-methyl/N-ethyl adjacent to an activating group) is 1. The van der Waals surface area contributed by atoms with Crippen LogP contribution in [-0.4, -0.2) is 46.5 Å². The summed E-state index contributed by atoms with van der Waals surface area (Å²) in [7, 11) is 0. The van der Waals surface area contributed by atoms with E-state index >= 15 is 0 Å². The van der Waals surface area contributed by atoms with Crippen LogP contribution < -0.4 is 0 Å². The van der Waals surface area contributed by atoms with Crippen LogP contribution in [-0.2, 0) is 4.79 Å². The molecule has 3 rings (SSSR count). The van der Waals surface area contributed by atoms with Gasteiger partial charge in [0.15, 0.2) is 0 Å². The van der Waals surface area contributed by atoms with E-state index in [-0.39, 0.29) is 22.4 Å². The number of carbonyl (C=O) groups excluding carboxylic acids is 2. The fourth-order valence-corrected chi connectivity index (χ4v) is 5.16. The van der Waals surface area contributed by atoms with Crippen LogP contribution in [0.4, 0.5) is 0 Å². The lowest BCUT2D eigenvalue weighted by atomic mass is 10.1. The zero-order chi connectivity index (χ0) is 18.7. The maximum Gasteiger partial charge on any atom is 0.263 e. The smallest absolute Gasteiger partial charge is 0.263 e. The Morgan fingerprint density at radius 3 is 2.73 bits per heavy atom. The summed E-state index contributed by atoms with van der Waals surface area (Å²) in [6.07, 6.45) is 0. The maximum atomic E-state index is 12.7. The molecule has 0 radical (unpaired) electrons. The van der Waals surface area contributed by atoms with E-state index < -0.39 is 0 Å². The third kappa shape index (κ3) is 3.96. The van der Waals surface area contributed by atoms with Crippen molar-refractivity contribution in [1.82, 2.24) is 9.80 Å². The lowest BCUT2D eigenvalue weighted by Crippen LogP contribution is -2.40. The molecule has 138 valence electrons. The summed E-state index contributed by atoms with van der Waals surface area (Å²) in [6.45, 7) is 7.75. The molecule has 2 heterocycles. The molecule has 0 unspecified atom stereocenters. The second kappa shape index (κ2) is 8.27. The standard InChI is InChI=1S/C20H24N2O2S2/c1-4-21(19(24)17-9-6-12-25-17)10-11-22-18(23)15(3)26-20(22)16-8-5-7-14(2)13-16/h5-9,12-13,15,20H,4,10-11H2,1-3H3/t15-,20+/m0/s1. The third-order valence-corrected chi connectivity index (χ3v) is 6.84. The second-order valence-electron chi connectivity index (χ2n) is 6.44. The largest absolute Gasteiger partial charge is 0.336 e. The molecule has 0 saturated carbocycles. The average molecular weight is 389 g/mol. The van der Waals surface area contributed by atoms with Gasteiger partial charge in [0.05, 0.1) is 10.1 Å². The van der Waals surface area contributed by atoms with Crippen molar-refractivity contribution in [2.24, 2.45) is 0 Å². The quantitative estimate of drug-likeness (QED) is 0.745. The van der Waals surface area contributed by atoms with E-state index in [4.69, 9.17) is 0 Å². The van der Waals surface area contributed by atoms with Crippen molar-refractivity contribution in [1.29, 1.82) is 0 Å². The molecule has 26 heavy (non-hydrogen) atoms. The molecular formula is C20H24N2O2S2. The van der Waals surface area contributed by atoms with Gasteiger partial charge in [-0.1, -0.05) is 35.9 Å². The molecule has 1 fully saturated rings. The molecule has 0 aliphatic carbocycles. The summed E-state index contributed by atoms with van der Waals surface area (Å²) >= 11 is 3.14. The Hall–Kier alpha value is -1.79. The summed E-state index contributed by atoms with van der Waals surface area (Å²) in [6, 6.07) is 12.1. The highest BCUT2D eigenvalue weighted by Gasteiger charge is 2.38. The molecule has 0 N–H and O–H groups in total. The summed E-state index contributed by atoms with van der Waals surface area (Å²) < 4.78 is 0. The van der Waals surface area contributed by atoms with Crippen LogP contribution in [0.15, 0.2) is 41.8 Å². The Balaban J connectivity index is 1.73. The monoisotopic (exact) mass is 388 g/mol. The van der Waals surface area contributed by atoms with Crippen LogP contribution in [0.2, 0.25) is 0 Å². The highest BCUT2D eigenvalue weighted by atomic mass is 32.2. The molecule has 4 nitrogen and oxygen atoms in total. The number of aryl methyl sites for hydroxylation is 1. The Labute approximate surface area is 163 Å². The zero-order valence-electron chi connectivity index (χ0n) is 15.3. The van der Waals surface area contributed by atoms with Crippen LogP contribution in [0, 0.1) is 6.92 Å². The molecule has 2 atom stereocenters. The minimum Gasteiger partial charge on any atom is -0.336 e. The number of amides is 2. The Kier molecular flexibility index (Phi) is 6.04. The average Bonchev–Trinajstić information content (AvgIpc) is 3.26. The molecule has 6 heteroatoms. The molecule has 2 aromatic rings. The van der Waals surface area contributed by atoms with E-state index in [9.17, 15) is 9.59 Å². The molecule has 1 saturated heterocycles. The van der Waals surface area contributed by atoms with Gasteiger partial charge in [0.2, 0.25) is 5.91 Å². The molecule has 0 bridgehead atoms. The van der Waals surface area contributed by atoms with Crippen molar-refractivity contribution in [3.8, 4) is 0 Å². The highest BCUT2D eigenvalue weighted by molar-refractivity contribution is 8.01. The zero-order valence-corrected chi connectivity index (χ0v) is 17.0. The van der Waals surface area contributed by atoms with Crippen molar-refractivity contribution in [3.05, 3.63) is 57.8 Å². The fraction of sp³-hybridized carbons (Fsp3) is 0.400. The highest BCUT2D eigenvalue weighted by Crippen LogP contribution is 2.42. The van der Waals surface area contributed by atoms with Gasteiger partial charge >= 0.3 is 0 Å². The molecule has 2 amide bonds. The van der Waals surface area contributed by atoms with Gasteiger partial charge < -0.3 is 9.80 Å². The predicted molar refractivity (Wildman–Crippen MR) is 109 cm³/mol. The number of benzene rings is 1. The van der Waals surface area contributed by atoms with Crippen molar-refractivity contribution < 1.29 is 9.59 Å². The Morgan fingerprint density at radius 2 is 2.08 bits per heavy atom. The molecule has 1 aromatic heterocycles.